The van der Waals surface area contributed by atoms with Crippen molar-refractivity contribution in [3.63, 3.8) is 0 Å². The third kappa shape index (κ3) is 10.6. The number of hydrogen-bond acceptors (Lipinski definition) is 4. The molecule has 0 heterocycles. The van der Waals surface area contributed by atoms with Crippen LogP contribution in [0, 0.1) is 17.8 Å². The van der Waals surface area contributed by atoms with E-state index >= 15 is 0 Å². The lowest BCUT2D eigenvalue weighted by atomic mass is 9.69. The molecule has 0 amide bonds. The number of rotatable bonds is 21. The molecule has 0 aliphatic heterocycles. The van der Waals surface area contributed by atoms with Gasteiger partial charge in [-0.15, -0.1) is 0 Å². The van der Waals surface area contributed by atoms with Crippen LogP contribution in [0.1, 0.15) is 163 Å². The van der Waals surface area contributed by atoms with Crippen molar-refractivity contribution in [2.45, 2.75) is 137 Å². The third-order valence-electron chi connectivity index (χ3n) is 8.51. The molecule has 0 saturated carbocycles. The summed E-state index contributed by atoms with van der Waals surface area (Å²) in [5.41, 5.74) is -1.27. The summed E-state index contributed by atoms with van der Waals surface area (Å²) in [6.07, 6.45) is 14.1. The zero-order valence-electron chi connectivity index (χ0n) is 25.4. The van der Waals surface area contributed by atoms with Crippen LogP contribution in [-0.4, -0.2) is 33.7 Å². The van der Waals surface area contributed by atoms with Crippen LogP contribution in [-0.2, 0) is 4.74 Å². The van der Waals surface area contributed by atoms with Crippen LogP contribution in [0.5, 0.6) is 0 Å². The summed E-state index contributed by atoms with van der Waals surface area (Å²) < 4.78 is 6.64. The van der Waals surface area contributed by atoms with Crippen LogP contribution >= 0.6 is 0 Å². The number of unbranched alkanes of at least 4 members (excludes halogenated alkanes) is 3. The molecule has 222 valence electrons. The van der Waals surface area contributed by atoms with Crippen molar-refractivity contribution in [3.8, 4) is 0 Å². The molecule has 0 saturated heterocycles. The van der Waals surface area contributed by atoms with Gasteiger partial charge < -0.3 is 14.9 Å². The number of benzene rings is 1. The molecule has 0 aliphatic rings. The second-order valence-corrected chi connectivity index (χ2v) is 11.3. The van der Waals surface area contributed by atoms with Gasteiger partial charge in [-0.1, -0.05) is 106 Å². The first-order chi connectivity index (χ1) is 18.6. The quantitative estimate of drug-likeness (QED) is 0.149. The molecule has 0 aliphatic carbocycles. The number of carboxylic acid groups (broad SMARTS) is 2. The Hall–Kier alpha value is -2.37. The Morgan fingerprint density at radius 3 is 1.64 bits per heavy atom. The normalized spacial score (nSPS) is 15.2. The number of aromatic carboxylic acids is 2. The van der Waals surface area contributed by atoms with Crippen LogP contribution in [0.2, 0.25) is 0 Å². The molecule has 3 atom stereocenters. The first-order valence-corrected chi connectivity index (χ1v) is 15.5. The monoisotopic (exact) mass is 546 g/mol. The first-order valence-electron chi connectivity index (χ1n) is 15.5. The molecule has 39 heavy (non-hydrogen) atoms. The minimum absolute atomic E-state index is 0.0783. The van der Waals surface area contributed by atoms with Gasteiger partial charge in [0.1, 0.15) is 5.60 Å². The second kappa shape index (κ2) is 18.1. The van der Waals surface area contributed by atoms with Crippen molar-refractivity contribution in [1.29, 1.82) is 0 Å². The molecule has 3 unspecified atom stereocenters. The lowest BCUT2D eigenvalue weighted by Crippen LogP contribution is -2.46. The molecule has 1 rings (SSSR count). The molecule has 0 radical (unpaired) electrons. The van der Waals surface area contributed by atoms with Gasteiger partial charge in [-0.2, -0.15) is 0 Å². The Balaban J connectivity index is 3.70. The largest absolute Gasteiger partial charge is 0.478 e. The van der Waals surface area contributed by atoms with Crippen molar-refractivity contribution in [2.75, 3.05) is 0 Å². The summed E-state index contributed by atoms with van der Waals surface area (Å²) in [5, 5.41) is 19.2. The molecular weight excluding hydrogens is 492 g/mol. The summed E-state index contributed by atoms with van der Waals surface area (Å²) in [7, 11) is 0. The maximum atomic E-state index is 13.9. The molecule has 0 aromatic heterocycles. The number of carbonyl (C=O) groups excluding carboxylic acids is 1. The fraction of sp³-hybridized carbons (Fsp3) is 0.727. The molecular formula is C33H54O6. The Morgan fingerprint density at radius 2 is 1.23 bits per heavy atom. The second-order valence-electron chi connectivity index (χ2n) is 11.3. The molecule has 0 fully saturated rings. The topological polar surface area (TPSA) is 101 Å². The van der Waals surface area contributed by atoms with Gasteiger partial charge in [0.05, 0.1) is 16.7 Å². The van der Waals surface area contributed by atoms with Gasteiger partial charge in [-0.3, -0.25) is 0 Å². The van der Waals surface area contributed by atoms with E-state index in [9.17, 15) is 24.6 Å². The number of carbonyl (C=O) groups is 3. The summed E-state index contributed by atoms with van der Waals surface area (Å²) in [5.74, 6) is -2.25. The SMILES string of the molecule is CCCCC(CC)CC(CC(CC)CCCC)(OC(=O)c1ccc(C(=O)O)cc1C(=O)O)C(CC)CCCC. The average molecular weight is 547 g/mol. The van der Waals surface area contributed by atoms with E-state index in [0.717, 1.165) is 96.0 Å². The van der Waals surface area contributed by atoms with Crippen LogP contribution in [0.15, 0.2) is 18.2 Å². The van der Waals surface area contributed by atoms with Gasteiger partial charge in [0, 0.05) is 0 Å². The van der Waals surface area contributed by atoms with Gasteiger partial charge in [-0.25, -0.2) is 14.4 Å². The van der Waals surface area contributed by atoms with Gasteiger partial charge in [0.15, 0.2) is 0 Å². The van der Waals surface area contributed by atoms with E-state index in [1.807, 2.05) is 0 Å². The van der Waals surface area contributed by atoms with Crippen LogP contribution in [0.4, 0.5) is 0 Å². The number of hydrogen-bond donors (Lipinski definition) is 2. The molecule has 6 heteroatoms. The summed E-state index contributed by atoms with van der Waals surface area (Å²) in [6, 6.07) is 3.65. The fourth-order valence-electron chi connectivity index (χ4n) is 6.01. The fourth-order valence-corrected chi connectivity index (χ4v) is 6.01. The Morgan fingerprint density at radius 1 is 0.718 bits per heavy atom. The van der Waals surface area contributed by atoms with Crippen molar-refractivity contribution in [3.05, 3.63) is 34.9 Å². The van der Waals surface area contributed by atoms with E-state index in [1.54, 1.807) is 0 Å². The highest BCUT2D eigenvalue weighted by atomic mass is 16.6. The van der Waals surface area contributed by atoms with Crippen molar-refractivity contribution in [2.24, 2.45) is 17.8 Å². The summed E-state index contributed by atoms with van der Waals surface area (Å²) in [6.45, 7) is 13.2. The Labute approximate surface area is 236 Å². The molecule has 1 aromatic carbocycles. The van der Waals surface area contributed by atoms with E-state index in [1.165, 1.54) is 12.1 Å². The molecule has 2 N–H and O–H groups in total. The molecule has 1 aromatic rings. The van der Waals surface area contributed by atoms with Crippen molar-refractivity contribution in [1.82, 2.24) is 0 Å². The zero-order chi connectivity index (χ0) is 29.4. The summed E-state index contributed by atoms with van der Waals surface area (Å²) in [4.78, 5) is 37.5. The highest BCUT2D eigenvalue weighted by molar-refractivity contribution is 6.04. The van der Waals surface area contributed by atoms with Crippen LogP contribution < -0.4 is 0 Å². The van der Waals surface area contributed by atoms with Crippen LogP contribution in [0.3, 0.4) is 0 Å². The highest BCUT2D eigenvalue weighted by Gasteiger charge is 2.44. The number of carboxylic acids is 2. The average Bonchev–Trinajstić information content (AvgIpc) is 2.92. The first kappa shape index (κ1) is 34.7. The van der Waals surface area contributed by atoms with Gasteiger partial charge in [-0.05, 0) is 61.6 Å². The van der Waals surface area contributed by atoms with E-state index in [4.69, 9.17) is 4.74 Å². The predicted molar refractivity (Wildman–Crippen MR) is 158 cm³/mol. The highest BCUT2D eigenvalue weighted by Crippen LogP contribution is 2.44. The maximum absolute atomic E-state index is 13.9. The lowest BCUT2D eigenvalue weighted by molar-refractivity contribution is -0.0848. The smallest absolute Gasteiger partial charge is 0.339 e. The maximum Gasteiger partial charge on any atom is 0.339 e. The van der Waals surface area contributed by atoms with E-state index < -0.39 is 23.5 Å². The van der Waals surface area contributed by atoms with E-state index in [2.05, 4.69) is 41.5 Å². The molecule has 0 spiro atoms. The van der Waals surface area contributed by atoms with Gasteiger partial charge in [0.2, 0.25) is 0 Å². The van der Waals surface area contributed by atoms with Gasteiger partial charge in [0.25, 0.3) is 0 Å². The zero-order valence-corrected chi connectivity index (χ0v) is 25.4. The van der Waals surface area contributed by atoms with Gasteiger partial charge >= 0.3 is 17.9 Å². The Bertz CT molecular complexity index is 874. The third-order valence-corrected chi connectivity index (χ3v) is 8.51. The lowest BCUT2D eigenvalue weighted by Gasteiger charge is -2.44. The Kier molecular flexibility index (Phi) is 16.1. The predicted octanol–water partition coefficient (Wildman–Crippen LogP) is 9.41. The van der Waals surface area contributed by atoms with Crippen molar-refractivity contribution >= 4 is 17.9 Å². The minimum Gasteiger partial charge on any atom is -0.478 e. The number of esters is 1. The molecule has 6 nitrogen and oxygen atoms in total. The number of ether oxygens (including phenoxy) is 1. The minimum atomic E-state index is -1.34. The molecule has 0 bridgehead atoms. The van der Waals surface area contributed by atoms with E-state index in [0.29, 0.717) is 11.8 Å². The summed E-state index contributed by atoms with van der Waals surface area (Å²) >= 11 is 0. The van der Waals surface area contributed by atoms with Crippen molar-refractivity contribution < 1.29 is 29.3 Å². The van der Waals surface area contributed by atoms with Crippen LogP contribution in [0.25, 0.3) is 0 Å². The van der Waals surface area contributed by atoms with E-state index in [-0.39, 0.29) is 22.6 Å². The standard InChI is InChI=1S/C33H54O6/c1-7-13-16-24(10-4)22-33(27(12-6)18-15-9-3,23-25(11-5)17-14-8-2)39-32(38)28-20-19-26(30(34)35)21-29(28)31(36)37/h19-21,24-25,27H,7-18,22-23H2,1-6H3,(H,34,35)(H,36,37).